The average molecular weight is 133 g/mol. The van der Waals surface area contributed by atoms with Crippen molar-refractivity contribution in [2.45, 2.75) is 12.8 Å². The molecule has 1 atom stereocenters. The van der Waals surface area contributed by atoms with Crippen LogP contribution in [0.5, 0.6) is 0 Å². The van der Waals surface area contributed by atoms with Crippen LogP contribution in [0.25, 0.3) is 0 Å². The second-order valence-corrected chi connectivity index (χ2v) is 2.94. The normalized spacial score (nSPS) is 23.9. The molecule has 1 unspecified atom stereocenters. The Bertz CT molecular complexity index is 100. The van der Waals surface area contributed by atoms with E-state index in [0.717, 1.165) is 25.9 Å². The molecule has 0 aromatic carbocycles. The van der Waals surface area contributed by atoms with Gasteiger partial charge in [0.1, 0.15) is 0 Å². The zero-order valence-electron chi connectivity index (χ0n) is 4.54. The maximum atomic E-state index is 10.2. The summed E-state index contributed by atoms with van der Waals surface area (Å²) in [7, 11) is -2.27. The standard InChI is InChI=1S/C4H8NO2P/c6-8(7)5-3-1-2-4-5/h1-4H2. The van der Waals surface area contributed by atoms with Gasteiger partial charge in [0.05, 0.1) is 0 Å². The lowest BCUT2D eigenvalue weighted by Gasteiger charge is -1.98. The van der Waals surface area contributed by atoms with Gasteiger partial charge in [-0.3, -0.25) is 0 Å². The van der Waals surface area contributed by atoms with E-state index >= 15 is 0 Å². The van der Waals surface area contributed by atoms with Crippen LogP contribution in [0.15, 0.2) is 0 Å². The molecule has 1 aliphatic heterocycles. The quantitative estimate of drug-likeness (QED) is 0.476. The number of hydrogen-bond acceptors (Lipinski definition) is 2. The lowest BCUT2D eigenvalue weighted by Crippen LogP contribution is -2.14. The van der Waals surface area contributed by atoms with Crippen molar-refractivity contribution in [2.75, 3.05) is 13.1 Å². The Hall–Kier alpha value is 0.0200. The molecule has 8 heavy (non-hydrogen) atoms. The highest BCUT2D eigenvalue weighted by atomic mass is 31.1. The number of rotatable bonds is 1. The third-order valence-corrected chi connectivity index (χ3v) is 2.18. The molecule has 0 N–H and O–H groups in total. The minimum atomic E-state index is -2.27. The third kappa shape index (κ3) is 1.25. The molecule has 0 radical (unpaired) electrons. The molecule has 1 rings (SSSR count). The van der Waals surface area contributed by atoms with Crippen LogP contribution in [0, 0.1) is 0 Å². The van der Waals surface area contributed by atoms with Gasteiger partial charge < -0.3 is 4.89 Å². The fraction of sp³-hybridized carbons (Fsp3) is 1.00. The van der Waals surface area contributed by atoms with Gasteiger partial charge in [0.2, 0.25) is 0 Å². The van der Waals surface area contributed by atoms with Crippen LogP contribution in [0.1, 0.15) is 12.8 Å². The summed E-state index contributed by atoms with van der Waals surface area (Å²) in [6, 6.07) is 0. The smallest absolute Gasteiger partial charge is 0.411 e. The fourth-order valence-electron chi connectivity index (χ4n) is 0.864. The maximum Gasteiger partial charge on any atom is 0.411 e. The van der Waals surface area contributed by atoms with Crippen LogP contribution in [0.3, 0.4) is 0 Å². The Morgan fingerprint density at radius 3 is 2.12 bits per heavy atom. The summed E-state index contributed by atoms with van der Waals surface area (Å²) in [6.45, 7) is 1.47. The van der Waals surface area contributed by atoms with Gasteiger partial charge in [-0.25, -0.2) is 0 Å². The summed E-state index contributed by atoms with van der Waals surface area (Å²) < 4.78 is 11.6. The minimum absolute atomic E-state index is 0.735. The van der Waals surface area contributed by atoms with Crippen LogP contribution in [-0.2, 0) is 4.57 Å². The number of nitrogens with zero attached hydrogens (tertiary/aromatic N) is 1. The van der Waals surface area contributed by atoms with Crippen LogP contribution < -0.4 is 4.89 Å². The van der Waals surface area contributed by atoms with Crippen molar-refractivity contribution < 1.29 is 9.46 Å². The van der Waals surface area contributed by atoms with E-state index in [1.807, 2.05) is 0 Å². The van der Waals surface area contributed by atoms with Crippen molar-refractivity contribution in [2.24, 2.45) is 0 Å². The van der Waals surface area contributed by atoms with Crippen LogP contribution in [0.4, 0.5) is 0 Å². The predicted molar refractivity (Wildman–Crippen MR) is 28.4 cm³/mol. The van der Waals surface area contributed by atoms with Crippen molar-refractivity contribution in [1.29, 1.82) is 0 Å². The Morgan fingerprint density at radius 1 is 1.38 bits per heavy atom. The molecule has 1 saturated heterocycles. The second-order valence-electron chi connectivity index (χ2n) is 1.90. The number of hydrogen-bond donors (Lipinski definition) is 0. The van der Waals surface area contributed by atoms with Crippen molar-refractivity contribution in [3.8, 4) is 0 Å². The molecule has 0 spiro atoms. The second kappa shape index (κ2) is 2.53. The van der Waals surface area contributed by atoms with Gasteiger partial charge in [-0.1, -0.05) is 9.24 Å². The predicted octanol–water partition coefficient (Wildman–Crippen LogP) is 0.0999. The Labute approximate surface area is 49.2 Å². The van der Waals surface area contributed by atoms with E-state index in [1.165, 1.54) is 4.67 Å². The summed E-state index contributed by atoms with van der Waals surface area (Å²) >= 11 is 0. The summed E-state index contributed by atoms with van der Waals surface area (Å²) in [5, 5.41) is 0. The molecular weight excluding hydrogens is 125 g/mol. The molecule has 0 aromatic rings. The molecular formula is C4H8NO2P. The molecule has 0 saturated carbocycles. The van der Waals surface area contributed by atoms with Crippen LogP contribution >= 0.6 is 8.18 Å². The molecule has 4 heteroatoms. The van der Waals surface area contributed by atoms with Gasteiger partial charge in [0.25, 0.3) is 0 Å². The summed E-state index contributed by atoms with van der Waals surface area (Å²) in [4.78, 5) is 10.2. The van der Waals surface area contributed by atoms with Crippen LogP contribution in [-0.4, -0.2) is 17.8 Å². The zero-order chi connectivity index (χ0) is 5.98. The van der Waals surface area contributed by atoms with E-state index in [9.17, 15) is 9.46 Å². The van der Waals surface area contributed by atoms with E-state index in [0.29, 0.717) is 0 Å². The molecule has 1 aliphatic rings. The van der Waals surface area contributed by atoms with Crippen molar-refractivity contribution in [3.63, 3.8) is 0 Å². The Kier molecular flexibility index (Phi) is 1.95. The van der Waals surface area contributed by atoms with E-state index in [2.05, 4.69) is 0 Å². The maximum absolute atomic E-state index is 10.2. The molecule has 1 heterocycles. The lowest BCUT2D eigenvalue weighted by molar-refractivity contribution is -0.174. The highest BCUT2D eigenvalue weighted by Gasteiger charge is 2.21. The lowest BCUT2D eigenvalue weighted by atomic mass is 10.4. The highest BCUT2D eigenvalue weighted by molar-refractivity contribution is 7.33. The first-order valence-electron chi connectivity index (χ1n) is 2.70. The summed E-state index contributed by atoms with van der Waals surface area (Å²) in [5.74, 6) is 0. The summed E-state index contributed by atoms with van der Waals surface area (Å²) in [5.41, 5.74) is 0. The first-order chi connectivity index (χ1) is 3.80. The van der Waals surface area contributed by atoms with E-state index in [4.69, 9.17) is 0 Å². The molecule has 0 bridgehead atoms. The topological polar surface area (TPSA) is 43.4 Å². The van der Waals surface area contributed by atoms with Gasteiger partial charge in [-0.2, -0.15) is 0 Å². The van der Waals surface area contributed by atoms with E-state index < -0.39 is 8.18 Å². The molecule has 3 nitrogen and oxygen atoms in total. The van der Waals surface area contributed by atoms with Crippen molar-refractivity contribution >= 4 is 8.18 Å². The molecule has 46 valence electrons. The van der Waals surface area contributed by atoms with Crippen molar-refractivity contribution in [1.82, 2.24) is 4.67 Å². The first-order valence-corrected chi connectivity index (χ1v) is 3.83. The van der Waals surface area contributed by atoms with Crippen LogP contribution in [0.2, 0.25) is 0 Å². The van der Waals surface area contributed by atoms with E-state index in [-0.39, 0.29) is 0 Å². The molecule has 0 aromatic heterocycles. The van der Waals surface area contributed by atoms with E-state index in [1.54, 1.807) is 0 Å². The Balaban J connectivity index is 2.35. The van der Waals surface area contributed by atoms with Gasteiger partial charge in [-0.15, -0.1) is 0 Å². The summed E-state index contributed by atoms with van der Waals surface area (Å²) in [6.07, 6.45) is 2.06. The molecule has 0 amide bonds. The average Bonchev–Trinajstić information content (AvgIpc) is 2.12. The fourth-order valence-corrected chi connectivity index (χ4v) is 1.47. The Morgan fingerprint density at radius 2 is 1.88 bits per heavy atom. The van der Waals surface area contributed by atoms with Gasteiger partial charge in [0.15, 0.2) is 0 Å². The largest absolute Gasteiger partial charge is 0.578 e. The molecule has 0 aliphatic carbocycles. The zero-order valence-corrected chi connectivity index (χ0v) is 5.43. The van der Waals surface area contributed by atoms with Gasteiger partial charge in [-0.05, 0) is 12.8 Å². The SMILES string of the molecule is O=[P+]([O-])N1CCCC1. The highest BCUT2D eigenvalue weighted by Crippen LogP contribution is 2.22. The minimum Gasteiger partial charge on any atom is -0.578 e. The third-order valence-electron chi connectivity index (χ3n) is 1.31. The van der Waals surface area contributed by atoms with Gasteiger partial charge >= 0.3 is 8.18 Å². The first kappa shape index (κ1) is 6.14. The monoisotopic (exact) mass is 133 g/mol. The van der Waals surface area contributed by atoms with Gasteiger partial charge in [0, 0.05) is 13.1 Å². The van der Waals surface area contributed by atoms with Crippen molar-refractivity contribution in [3.05, 3.63) is 0 Å². The molecule has 1 fully saturated rings.